The lowest BCUT2D eigenvalue weighted by Gasteiger charge is -2.26. The summed E-state index contributed by atoms with van der Waals surface area (Å²) in [6, 6.07) is 11.3. The number of carbonyl (C=O) groups is 1. The number of rotatable bonds is 6. The Morgan fingerprint density at radius 2 is 1.83 bits per heavy atom. The lowest BCUT2D eigenvalue weighted by atomic mass is 10.1. The Kier molecular flexibility index (Phi) is 6.79. The molecular formula is C20H23ClN2O5S. The summed E-state index contributed by atoms with van der Waals surface area (Å²) < 4.78 is 37.9. The van der Waals surface area contributed by atoms with Gasteiger partial charge in [0.15, 0.2) is 0 Å². The van der Waals surface area contributed by atoms with Crippen molar-refractivity contribution in [3.05, 3.63) is 58.6 Å². The molecule has 7 nitrogen and oxygen atoms in total. The molecule has 0 unspecified atom stereocenters. The van der Waals surface area contributed by atoms with E-state index in [4.69, 9.17) is 21.1 Å². The third-order valence-corrected chi connectivity index (χ3v) is 6.90. The summed E-state index contributed by atoms with van der Waals surface area (Å²) in [4.78, 5) is 12.7. The van der Waals surface area contributed by atoms with E-state index in [1.807, 2.05) is 19.1 Å². The first kappa shape index (κ1) is 21.6. The van der Waals surface area contributed by atoms with Gasteiger partial charge in [-0.15, -0.1) is 0 Å². The largest absolute Gasteiger partial charge is 0.495 e. The molecule has 1 atom stereocenters. The predicted molar refractivity (Wildman–Crippen MR) is 110 cm³/mol. The van der Waals surface area contributed by atoms with E-state index in [0.717, 1.165) is 5.56 Å². The molecule has 2 aromatic carbocycles. The molecular weight excluding hydrogens is 416 g/mol. The summed E-state index contributed by atoms with van der Waals surface area (Å²) in [5.41, 5.74) is 1.12. The monoisotopic (exact) mass is 438 g/mol. The van der Waals surface area contributed by atoms with E-state index in [9.17, 15) is 13.2 Å². The third-order valence-electron chi connectivity index (χ3n) is 4.73. The molecule has 1 aliphatic heterocycles. The van der Waals surface area contributed by atoms with Gasteiger partial charge in [0.25, 0.3) is 5.91 Å². The Labute approximate surface area is 175 Å². The van der Waals surface area contributed by atoms with Crippen LogP contribution >= 0.6 is 11.6 Å². The van der Waals surface area contributed by atoms with E-state index in [1.54, 1.807) is 18.2 Å². The average molecular weight is 439 g/mol. The number of nitrogens with zero attached hydrogens (tertiary/aromatic N) is 1. The van der Waals surface area contributed by atoms with Crippen molar-refractivity contribution in [1.82, 2.24) is 9.62 Å². The minimum atomic E-state index is -3.81. The van der Waals surface area contributed by atoms with Gasteiger partial charge in [0, 0.05) is 23.7 Å². The van der Waals surface area contributed by atoms with Crippen LogP contribution in [0.4, 0.5) is 0 Å². The number of nitrogens with one attached hydrogen (secondary N) is 1. The lowest BCUT2D eigenvalue weighted by Crippen LogP contribution is -2.40. The van der Waals surface area contributed by atoms with Crippen molar-refractivity contribution in [2.24, 2.45) is 0 Å². The first-order chi connectivity index (χ1) is 13.8. The Bertz CT molecular complexity index is 973. The highest BCUT2D eigenvalue weighted by Gasteiger charge is 2.30. The molecule has 1 saturated heterocycles. The van der Waals surface area contributed by atoms with Crippen molar-refractivity contribution >= 4 is 27.5 Å². The topological polar surface area (TPSA) is 84.9 Å². The van der Waals surface area contributed by atoms with Crippen molar-refractivity contribution in [3.8, 4) is 5.75 Å². The van der Waals surface area contributed by atoms with Gasteiger partial charge in [0.1, 0.15) is 10.6 Å². The zero-order valence-electron chi connectivity index (χ0n) is 16.2. The molecule has 0 radical (unpaired) electrons. The van der Waals surface area contributed by atoms with Crippen LogP contribution < -0.4 is 10.1 Å². The van der Waals surface area contributed by atoms with Crippen molar-refractivity contribution in [2.45, 2.75) is 17.9 Å². The van der Waals surface area contributed by atoms with Gasteiger partial charge in [-0.1, -0.05) is 23.7 Å². The van der Waals surface area contributed by atoms with Gasteiger partial charge in [-0.2, -0.15) is 4.31 Å². The Morgan fingerprint density at radius 1 is 1.17 bits per heavy atom. The highest BCUT2D eigenvalue weighted by Crippen LogP contribution is 2.28. The van der Waals surface area contributed by atoms with Gasteiger partial charge in [-0.3, -0.25) is 4.79 Å². The van der Waals surface area contributed by atoms with E-state index >= 15 is 0 Å². The Morgan fingerprint density at radius 3 is 2.45 bits per heavy atom. The molecule has 2 aromatic rings. The summed E-state index contributed by atoms with van der Waals surface area (Å²) in [7, 11) is -2.41. The molecule has 156 valence electrons. The minimum absolute atomic E-state index is 0.0336. The molecule has 1 aliphatic rings. The molecule has 1 heterocycles. The number of amides is 1. The van der Waals surface area contributed by atoms with E-state index in [1.165, 1.54) is 23.5 Å². The fourth-order valence-electron chi connectivity index (χ4n) is 3.06. The number of methoxy groups -OCH3 is 1. The van der Waals surface area contributed by atoms with Crippen molar-refractivity contribution in [1.29, 1.82) is 0 Å². The molecule has 0 spiro atoms. The average Bonchev–Trinajstić information content (AvgIpc) is 2.74. The molecule has 1 fully saturated rings. The number of sulfonamides is 1. The quantitative estimate of drug-likeness (QED) is 0.749. The maximum Gasteiger partial charge on any atom is 0.251 e. The lowest BCUT2D eigenvalue weighted by molar-refractivity contribution is 0.0729. The number of hydrogen-bond acceptors (Lipinski definition) is 5. The van der Waals surface area contributed by atoms with Crippen LogP contribution in [0, 0.1) is 0 Å². The van der Waals surface area contributed by atoms with Crippen LogP contribution in [0.1, 0.15) is 28.9 Å². The van der Waals surface area contributed by atoms with Gasteiger partial charge in [0.05, 0.1) is 26.4 Å². The van der Waals surface area contributed by atoms with Crippen molar-refractivity contribution < 1.29 is 22.7 Å². The maximum absolute atomic E-state index is 13.1. The summed E-state index contributed by atoms with van der Waals surface area (Å²) in [5.74, 6) is -0.188. The minimum Gasteiger partial charge on any atom is -0.495 e. The highest BCUT2D eigenvalue weighted by molar-refractivity contribution is 7.89. The second-order valence-electron chi connectivity index (χ2n) is 6.63. The summed E-state index contributed by atoms with van der Waals surface area (Å²) in [6.45, 7) is 3.03. The second-order valence-corrected chi connectivity index (χ2v) is 8.97. The molecule has 29 heavy (non-hydrogen) atoms. The van der Waals surface area contributed by atoms with E-state index in [-0.39, 0.29) is 41.2 Å². The first-order valence-electron chi connectivity index (χ1n) is 9.15. The molecule has 0 aromatic heterocycles. The van der Waals surface area contributed by atoms with Crippen molar-refractivity contribution in [2.75, 3.05) is 33.4 Å². The molecule has 3 rings (SSSR count). The van der Waals surface area contributed by atoms with Gasteiger partial charge >= 0.3 is 0 Å². The first-order valence-corrected chi connectivity index (χ1v) is 11.0. The van der Waals surface area contributed by atoms with Gasteiger partial charge in [-0.25, -0.2) is 8.42 Å². The zero-order valence-corrected chi connectivity index (χ0v) is 17.8. The highest BCUT2D eigenvalue weighted by atomic mass is 35.5. The van der Waals surface area contributed by atoms with Gasteiger partial charge in [-0.05, 0) is 42.8 Å². The second kappa shape index (κ2) is 9.13. The van der Waals surface area contributed by atoms with E-state index in [0.29, 0.717) is 18.2 Å². The third kappa shape index (κ3) is 4.90. The fraction of sp³-hybridized carbons (Fsp3) is 0.350. The number of hydrogen-bond donors (Lipinski definition) is 1. The van der Waals surface area contributed by atoms with E-state index in [2.05, 4.69) is 5.32 Å². The van der Waals surface area contributed by atoms with Crippen LogP contribution in [0.5, 0.6) is 5.75 Å². The summed E-state index contributed by atoms with van der Waals surface area (Å²) >= 11 is 5.90. The van der Waals surface area contributed by atoms with Gasteiger partial charge in [0.2, 0.25) is 10.0 Å². The van der Waals surface area contributed by atoms with Crippen LogP contribution in [0.15, 0.2) is 47.4 Å². The van der Waals surface area contributed by atoms with Crippen LogP contribution in [0.3, 0.4) is 0 Å². The van der Waals surface area contributed by atoms with Crippen LogP contribution in [-0.4, -0.2) is 52.0 Å². The molecule has 1 amide bonds. The summed E-state index contributed by atoms with van der Waals surface area (Å²) in [6.07, 6.45) is 0. The number of carbonyl (C=O) groups excluding carboxylic acids is 1. The van der Waals surface area contributed by atoms with Crippen LogP contribution in [-0.2, 0) is 14.8 Å². The fourth-order valence-corrected chi connectivity index (χ4v) is 4.78. The Hall–Kier alpha value is -2.13. The number of ether oxygens (including phenoxy) is 2. The van der Waals surface area contributed by atoms with Crippen molar-refractivity contribution in [3.63, 3.8) is 0 Å². The van der Waals surface area contributed by atoms with Crippen LogP contribution in [0.2, 0.25) is 5.02 Å². The maximum atomic E-state index is 13.1. The molecule has 0 bridgehead atoms. The smallest absolute Gasteiger partial charge is 0.251 e. The summed E-state index contributed by atoms with van der Waals surface area (Å²) in [5, 5.41) is 3.49. The molecule has 0 aliphatic carbocycles. The predicted octanol–water partition coefficient (Wildman–Crippen LogP) is 2.86. The molecule has 1 N–H and O–H groups in total. The normalized spacial score (nSPS) is 16.2. The number of halogens is 1. The standard InChI is InChI=1S/C20H23ClN2O5S/c1-14(15-3-6-17(21)7-4-15)22-20(24)16-5-8-18(27-2)19(13-16)29(25,26)23-9-11-28-12-10-23/h3-8,13-14H,9-12H2,1-2H3,(H,22,24)/t14-/m1/s1. The number of benzene rings is 2. The Balaban J connectivity index is 1.85. The molecule has 9 heteroatoms. The number of morpholine rings is 1. The van der Waals surface area contributed by atoms with E-state index < -0.39 is 10.0 Å². The zero-order chi connectivity index (χ0) is 21.0. The van der Waals surface area contributed by atoms with Crippen LogP contribution in [0.25, 0.3) is 0 Å². The van der Waals surface area contributed by atoms with Gasteiger partial charge < -0.3 is 14.8 Å². The molecule has 0 saturated carbocycles. The SMILES string of the molecule is COc1ccc(C(=O)N[C@H](C)c2ccc(Cl)cc2)cc1S(=O)(=O)N1CCOCC1.